The quantitative estimate of drug-likeness (QED) is 0.841. The van der Waals surface area contributed by atoms with Gasteiger partial charge < -0.3 is 4.52 Å². The van der Waals surface area contributed by atoms with Crippen molar-refractivity contribution < 1.29 is 9.32 Å². The van der Waals surface area contributed by atoms with Crippen molar-refractivity contribution in [3.63, 3.8) is 0 Å². The molecule has 0 unspecified atom stereocenters. The van der Waals surface area contributed by atoms with Crippen molar-refractivity contribution in [3.05, 3.63) is 11.8 Å². The van der Waals surface area contributed by atoms with Gasteiger partial charge in [0, 0.05) is 6.07 Å². The molecule has 16 heavy (non-hydrogen) atoms. The molecule has 1 aromatic heterocycles. The summed E-state index contributed by atoms with van der Waals surface area (Å²) >= 11 is 0. The van der Waals surface area contributed by atoms with Gasteiger partial charge in [-0.15, -0.1) is 0 Å². The van der Waals surface area contributed by atoms with Crippen LogP contribution in [0.25, 0.3) is 0 Å². The fourth-order valence-electron chi connectivity index (χ4n) is 1.92. The monoisotopic (exact) mass is 223 g/mol. The number of likely N-dealkylation sites (tertiary alicyclic amines) is 1. The number of hydrogen-bond acceptors (Lipinski definition) is 4. The van der Waals surface area contributed by atoms with E-state index in [1.807, 2.05) is 6.92 Å². The summed E-state index contributed by atoms with van der Waals surface area (Å²) in [5.74, 6) is 0.401. The molecule has 1 aromatic rings. The number of carbonyl (C=O) groups excluding carboxylic acids is 1. The highest BCUT2D eigenvalue weighted by molar-refractivity contribution is 5.90. The molecule has 1 aliphatic rings. The Morgan fingerprint density at radius 2 is 2.25 bits per heavy atom. The molecule has 0 aromatic carbocycles. The van der Waals surface area contributed by atoms with Gasteiger partial charge in [-0.2, -0.15) is 0 Å². The molecule has 2 rings (SSSR count). The van der Waals surface area contributed by atoms with E-state index in [0.29, 0.717) is 12.4 Å². The Morgan fingerprint density at radius 1 is 1.50 bits per heavy atom. The Labute approximate surface area is 94.8 Å². The minimum atomic E-state index is -0.0296. The van der Waals surface area contributed by atoms with E-state index in [4.69, 9.17) is 4.52 Å². The number of aryl methyl sites for hydroxylation is 1. The third kappa shape index (κ3) is 3.06. The van der Waals surface area contributed by atoms with Crippen LogP contribution >= 0.6 is 0 Å². The maximum atomic E-state index is 11.6. The van der Waals surface area contributed by atoms with E-state index >= 15 is 0 Å². The normalized spacial score (nSPS) is 17.3. The van der Waals surface area contributed by atoms with E-state index in [9.17, 15) is 4.79 Å². The van der Waals surface area contributed by atoms with Crippen molar-refractivity contribution >= 4 is 11.8 Å². The number of piperidine rings is 1. The van der Waals surface area contributed by atoms with E-state index in [0.717, 1.165) is 18.8 Å². The third-order valence-electron chi connectivity index (χ3n) is 2.71. The Hall–Kier alpha value is -1.36. The lowest BCUT2D eigenvalue weighted by molar-refractivity contribution is -0.117. The van der Waals surface area contributed by atoms with Crippen molar-refractivity contribution in [2.75, 3.05) is 25.0 Å². The van der Waals surface area contributed by atoms with Gasteiger partial charge in [-0.25, -0.2) is 0 Å². The van der Waals surface area contributed by atoms with Gasteiger partial charge in [-0.1, -0.05) is 11.6 Å². The Morgan fingerprint density at radius 3 is 2.88 bits per heavy atom. The molecule has 1 N–H and O–H groups in total. The summed E-state index contributed by atoms with van der Waals surface area (Å²) in [6, 6.07) is 1.72. The average molecular weight is 223 g/mol. The number of anilines is 1. The van der Waals surface area contributed by atoms with Crippen LogP contribution in [0.15, 0.2) is 10.6 Å². The molecule has 88 valence electrons. The summed E-state index contributed by atoms with van der Waals surface area (Å²) in [6.07, 6.45) is 3.66. The topological polar surface area (TPSA) is 58.4 Å². The highest BCUT2D eigenvalue weighted by atomic mass is 16.5. The maximum Gasteiger partial charge on any atom is 0.240 e. The molecular formula is C11H17N3O2. The molecule has 0 aliphatic carbocycles. The number of amides is 1. The van der Waals surface area contributed by atoms with Gasteiger partial charge in [0.05, 0.1) is 12.2 Å². The smallest absolute Gasteiger partial charge is 0.240 e. The van der Waals surface area contributed by atoms with Gasteiger partial charge in [-0.3, -0.25) is 15.0 Å². The fraction of sp³-hybridized carbons (Fsp3) is 0.636. The van der Waals surface area contributed by atoms with Crippen LogP contribution in [-0.2, 0) is 4.79 Å². The third-order valence-corrected chi connectivity index (χ3v) is 2.71. The van der Waals surface area contributed by atoms with Crippen LogP contribution in [-0.4, -0.2) is 35.6 Å². The number of nitrogens with one attached hydrogen (secondary N) is 1. The van der Waals surface area contributed by atoms with Gasteiger partial charge in [0.2, 0.25) is 11.8 Å². The Bertz CT molecular complexity index is 356. The zero-order chi connectivity index (χ0) is 11.4. The highest BCUT2D eigenvalue weighted by Gasteiger charge is 2.14. The minimum Gasteiger partial charge on any atom is -0.338 e. The molecule has 1 amide bonds. The lowest BCUT2D eigenvalue weighted by atomic mass is 10.1. The molecule has 5 nitrogen and oxygen atoms in total. The number of rotatable bonds is 3. The average Bonchev–Trinajstić information content (AvgIpc) is 2.65. The second kappa shape index (κ2) is 5.12. The van der Waals surface area contributed by atoms with Crippen molar-refractivity contribution in [1.29, 1.82) is 0 Å². The lowest BCUT2D eigenvalue weighted by Crippen LogP contribution is -2.36. The molecule has 1 saturated heterocycles. The van der Waals surface area contributed by atoms with Crippen molar-refractivity contribution in [3.8, 4) is 0 Å². The van der Waals surface area contributed by atoms with Crippen LogP contribution in [0.5, 0.6) is 0 Å². The predicted molar refractivity (Wildman–Crippen MR) is 60.2 cm³/mol. The number of carbonyl (C=O) groups is 1. The number of aromatic nitrogens is 1. The van der Waals surface area contributed by atoms with Crippen LogP contribution in [0.2, 0.25) is 0 Å². The highest BCUT2D eigenvalue weighted by Crippen LogP contribution is 2.10. The summed E-state index contributed by atoms with van der Waals surface area (Å²) in [5.41, 5.74) is 0.772. The molecule has 0 radical (unpaired) electrons. The van der Waals surface area contributed by atoms with Crippen molar-refractivity contribution in [1.82, 2.24) is 10.1 Å². The van der Waals surface area contributed by atoms with Crippen LogP contribution in [0.4, 0.5) is 5.88 Å². The van der Waals surface area contributed by atoms with Gasteiger partial charge in [-0.05, 0) is 32.9 Å². The van der Waals surface area contributed by atoms with Crippen LogP contribution < -0.4 is 5.32 Å². The van der Waals surface area contributed by atoms with Gasteiger partial charge >= 0.3 is 0 Å². The largest absolute Gasteiger partial charge is 0.338 e. The van der Waals surface area contributed by atoms with E-state index < -0.39 is 0 Å². The van der Waals surface area contributed by atoms with E-state index in [-0.39, 0.29) is 5.91 Å². The molecule has 0 saturated carbocycles. The minimum absolute atomic E-state index is 0.0296. The molecule has 1 fully saturated rings. The first-order valence-corrected chi connectivity index (χ1v) is 5.69. The van der Waals surface area contributed by atoms with Crippen LogP contribution in [0, 0.1) is 6.92 Å². The standard InChI is InChI=1S/C11H17N3O2/c1-9-7-11(16-13-9)12-10(15)8-14-5-3-2-4-6-14/h7H,2-6,8H2,1H3,(H,12,15). The summed E-state index contributed by atoms with van der Waals surface area (Å²) < 4.78 is 4.92. The summed E-state index contributed by atoms with van der Waals surface area (Å²) in [6.45, 7) is 4.30. The Kier molecular flexibility index (Phi) is 3.56. The van der Waals surface area contributed by atoms with E-state index in [1.165, 1.54) is 19.3 Å². The van der Waals surface area contributed by atoms with Gasteiger partial charge in [0.25, 0.3) is 0 Å². The molecular weight excluding hydrogens is 206 g/mol. The molecule has 0 spiro atoms. The molecule has 0 atom stereocenters. The Balaban J connectivity index is 1.79. The zero-order valence-electron chi connectivity index (χ0n) is 9.53. The number of nitrogens with zero attached hydrogens (tertiary/aromatic N) is 2. The first-order valence-electron chi connectivity index (χ1n) is 5.69. The maximum absolute atomic E-state index is 11.6. The van der Waals surface area contributed by atoms with Crippen molar-refractivity contribution in [2.45, 2.75) is 26.2 Å². The first kappa shape index (κ1) is 11.1. The predicted octanol–water partition coefficient (Wildman–Crippen LogP) is 1.41. The molecule has 0 bridgehead atoms. The summed E-state index contributed by atoms with van der Waals surface area (Å²) in [7, 11) is 0. The summed E-state index contributed by atoms with van der Waals surface area (Å²) in [4.78, 5) is 13.8. The van der Waals surface area contributed by atoms with Gasteiger partial charge in [0.15, 0.2) is 0 Å². The first-order chi connectivity index (χ1) is 7.74. The van der Waals surface area contributed by atoms with Crippen LogP contribution in [0.3, 0.4) is 0 Å². The zero-order valence-corrected chi connectivity index (χ0v) is 9.53. The summed E-state index contributed by atoms with van der Waals surface area (Å²) in [5, 5.41) is 6.41. The second-order valence-corrected chi connectivity index (χ2v) is 4.22. The van der Waals surface area contributed by atoms with E-state index in [2.05, 4.69) is 15.4 Å². The number of hydrogen-bond donors (Lipinski definition) is 1. The lowest BCUT2D eigenvalue weighted by Gasteiger charge is -2.25. The van der Waals surface area contributed by atoms with Crippen molar-refractivity contribution in [2.24, 2.45) is 0 Å². The SMILES string of the molecule is Cc1cc(NC(=O)CN2CCCCC2)on1. The van der Waals surface area contributed by atoms with Gasteiger partial charge in [0.1, 0.15) is 0 Å². The second-order valence-electron chi connectivity index (χ2n) is 4.22. The molecule has 2 heterocycles. The fourth-order valence-corrected chi connectivity index (χ4v) is 1.92. The molecule has 5 heteroatoms. The van der Waals surface area contributed by atoms with E-state index in [1.54, 1.807) is 6.07 Å². The molecule has 1 aliphatic heterocycles. The van der Waals surface area contributed by atoms with Crippen LogP contribution in [0.1, 0.15) is 25.0 Å².